The summed E-state index contributed by atoms with van der Waals surface area (Å²) in [6.07, 6.45) is 0. The number of amides is 1. The molecule has 2 heterocycles. The van der Waals surface area contributed by atoms with Gasteiger partial charge in [0.25, 0.3) is 5.91 Å². The van der Waals surface area contributed by atoms with Crippen molar-refractivity contribution in [1.82, 2.24) is 20.2 Å². The number of rotatable bonds is 5. The molecule has 0 unspecified atom stereocenters. The summed E-state index contributed by atoms with van der Waals surface area (Å²) in [4.78, 5) is 13.5. The molecular formula is C22H23BrN6O3. The Hall–Kier alpha value is -3.40. The first-order valence-corrected chi connectivity index (χ1v) is 10.9. The Morgan fingerprint density at radius 2 is 2.09 bits per heavy atom. The second kappa shape index (κ2) is 8.62. The van der Waals surface area contributed by atoms with Gasteiger partial charge in [0.1, 0.15) is 6.04 Å². The number of nitrogens with zero attached hydrogens (tertiary/aromatic N) is 4. The van der Waals surface area contributed by atoms with Crippen LogP contribution in [0.4, 0.5) is 11.6 Å². The van der Waals surface area contributed by atoms with Gasteiger partial charge in [0.05, 0.1) is 16.7 Å². The fraction of sp³-hybridized carbons (Fsp3) is 0.273. The molecule has 166 valence electrons. The molecule has 9 nitrogen and oxygen atoms in total. The fourth-order valence-corrected chi connectivity index (χ4v) is 4.17. The van der Waals surface area contributed by atoms with Gasteiger partial charge in [-0.15, -0.1) is 0 Å². The minimum Gasteiger partial charge on any atom is -0.503 e. The van der Waals surface area contributed by atoms with Gasteiger partial charge >= 0.3 is 0 Å². The highest BCUT2D eigenvalue weighted by molar-refractivity contribution is 9.10. The minimum absolute atomic E-state index is 0.0106. The van der Waals surface area contributed by atoms with Crippen LogP contribution in [0.25, 0.3) is 0 Å². The van der Waals surface area contributed by atoms with Gasteiger partial charge in [-0.1, -0.05) is 17.2 Å². The quantitative estimate of drug-likeness (QED) is 0.485. The van der Waals surface area contributed by atoms with Crippen molar-refractivity contribution in [3.63, 3.8) is 0 Å². The van der Waals surface area contributed by atoms with E-state index in [1.807, 2.05) is 45.9 Å². The molecule has 10 heteroatoms. The molecular weight excluding hydrogens is 476 g/mol. The Kier molecular flexibility index (Phi) is 5.88. The van der Waals surface area contributed by atoms with Crippen molar-refractivity contribution in [2.45, 2.75) is 33.7 Å². The van der Waals surface area contributed by atoms with Crippen molar-refractivity contribution < 1.29 is 14.6 Å². The molecule has 1 aromatic heterocycles. The zero-order valence-corrected chi connectivity index (χ0v) is 19.7. The predicted molar refractivity (Wildman–Crippen MR) is 124 cm³/mol. The van der Waals surface area contributed by atoms with Crippen molar-refractivity contribution >= 4 is 33.5 Å². The number of hydrogen-bond donors (Lipinski definition) is 3. The molecule has 3 N–H and O–H groups in total. The molecule has 32 heavy (non-hydrogen) atoms. The molecule has 0 aliphatic carbocycles. The summed E-state index contributed by atoms with van der Waals surface area (Å²) in [5.41, 5.74) is 4.57. The lowest BCUT2D eigenvalue weighted by atomic mass is 9.94. The lowest BCUT2D eigenvalue weighted by Gasteiger charge is -2.28. The number of benzene rings is 2. The van der Waals surface area contributed by atoms with Crippen LogP contribution in [-0.4, -0.2) is 37.8 Å². The molecule has 0 saturated carbocycles. The number of halogens is 1. The molecule has 0 saturated heterocycles. The summed E-state index contributed by atoms with van der Waals surface area (Å²) in [6, 6.07) is 8.56. The number of phenols is 1. The summed E-state index contributed by atoms with van der Waals surface area (Å²) < 4.78 is 7.58. The summed E-state index contributed by atoms with van der Waals surface area (Å²) in [7, 11) is 0. The number of aromatic nitrogens is 4. The molecule has 0 spiro atoms. The predicted octanol–water partition coefficient (Wildman–Crippen LogP) is 4.08. The first-order chi connectivity index (χ1) is 15.3. The van der Waals surface area contributed by atoms with E-state index < -0.39 is 6.04 Å². The van der Waals surface area contributed by atoms with E-state index in [1.54, 1.807) is 16.8 Å². The highest BCUT2D eigenvalue weighted by Gasteiger charge is 2.35. The van der Waals surface area contributed by atoms with Crippen LogP contribution in [0.1, 0.15) is 36.6 Å². The lowest BCUT2D eigenvalue weighted by molar-refractivity contribution is -0.113. The van der Waals surface area contributed by atoms with E-state index in [-0.39, 0.29) is 11.7 Å². The standard InChI is InChI=1S/C22H23BrN6O3/c1-5-32-17-10-14(9-15(23)20(17)30)19-18(13(4)24-22-26-27-28-29(19)22)21(31)25-16-8-6-7-11(2)12(16)3/h6-10,19,30H,5H2,1-4H3,(H,25,31)(H,24,26,28)/t19-/m0/s1. The fourth-order valence-electron chi connectivity index (χ4n) is 3.71. The largest absolute Gasteiger partial charge is 0.503 e. The van der Waals surface area contributed by atoms with E-state index in [0.29, 0.717) is 39.6 Å². The van der Waals surface area contributed by atoms with Gasteiger partial charge in [-0.3, -0.25) is 4.79 Å². The van der Waals surface area contributed by atoms with Crippen LogP contribution in [0, 0.1) is 13.8 Å². The summed E-state index contributed by atoms with van der Waals surface area (Å²) >= 11 is 3.38. The van der Waals surface area contributed by atoms with Gasteiger partial charge < -0.3 is 20.5 Å². The molecule has 0 bridgehead atoms. The number of hydrogen-bond acceptors (Lipinski definition) is 7. The van der Waals surface area contributed by atoms with Gasteiger partial charge in [0, 0.05) is 11.4 Å². The van der Waals surface area contributed by atoms with Crippen LogP contribution in [0.15, 0.2) is 46.1 Å². The maximum absolute atomic E-state index is 13.5. The van der Waals surface area contributed by atoms with Gasteiger partial charge in [0.15, 0.2) is 11.5 Å². The zero-order valence-electron chi connectivity index (χ0n) is 18.1. The topological polar surface area (TPSA) is 114 Å². The number of aryl methyl sites for hydroxylation is 1. The number of fused-ring (bicyclic) bond motifs is 1. The number of carbonyl (C=O) groups excluding carboxylic acids is 1. The maximum Gasteiger partial charge on any atom is 0.255 e. The first-order valence-electron chi connectivity index (χ1n) is 10.1. The third-order valence-electron chi connectivity index (χ3n) is 5.48. The van der Waals surface area contributed by atoms with E-state index >= 15 is 0 Å². The van der Waals surface area contributed by atoms with E-state index in [1.165, 1.54) is 0 Å². The minimum atomic E-state index is -0.637. The molecule has 1 amide bonds. The van der Waals surface area contributed by atoms with E-state index in [4.69, 9.17) is 4.74 Å². The van der Waals surface area contributed by atoms with Crippen molar-refractivity contribution in [3.05, 3.63) is 62.8 Å². The van der Waals surface area contributed by atoms with Crippen LogP contribution in [0.2, 0.25) is 0 Å². The number of carbonyl (C=O) groups is 1. The second-order valence-electron chi connectivity index (χ2n) is 7.50. The van der Waals surface area contributed by atoms with Crippen LogP contribution >= 0.6 is 15.9 Å². The summed E-state index contributed by atoms with van der Waals surface area (Å²) in [5, 5.41) is 28.4. The smallest absolute Gasteiger partial charge is 0.255 e. The average molecular weight is 499 g/mol. The Balaban J connectivity index is 1.82. The number of tetrazole rings is 1. The Bertz CT molecular complexity index is 1240. The van der Waals surface area contributed by atoms with Crippen LogP contribution in [-0.2, 0) is 4.79 Å². The third kappa shape index (κ3) is 3.81. The second-order valence-corrected chi connectivity index (χ2v) is 8.35. The normalized spacial score (nSPS) is 15.2. The average Bonchev–Trinajstić information content (AvgIpc) is 3.21. The summed E-state index contributed by atoms with van der Waals surface area (Å²) in [5.74, 6) is 0.426. The molecule has 4 rings (SSSR count). The number of anilines is 2. The molecule has 1 atom stereocenters. The molecule has 1 aliphatic heterocycles. The van der Waals surface area contributed by atoms with Gasteiger partial charge in [-0.2, -0.15) is 4.68 Å². The van der Waals surface area contributed by atoms with Crippen LogP contribution in [0.5, 0.6) is 11.5 Å². The third-order valence-corrected chi connectivity index (χ3v) is 6.08. The van der Waals surface area contributed by atoms with Gasteiger partial charge in [0.2, 0.25) is 5.95 Å². The van der Waals surface area contributed by atoms with E-state index in [0.717, 1.165) is 16.8 Å². The number of allylic oxidation sites excluding steroid dienone is 1. The molecule has 2 aromatic carbocycles. The Morgan fingerprint density at radius 3 is 2.84 bits per heavy atom. The van der Waals surface area contributed by atoms with Gasteiger partial charge in [-0.05, 0) is 88.9 Å². The van der Waals surface area contributed by atoms with Crippen molar-refractivity contribution in [1.29, 1.82) is 0 Å². The highest BCUT2D eigenvalue weighted by atomic mass is 79.9. The maximum atomic E-state index is 13.5. The lowest BCUT2D eigenvalue weighted by Crippen LogP contribution is -2.31. The SMILES string of the molecule is CCOc1cc([C@H]2C(C(=O)Nc3cccc(C)c3C)=C(C)Nc3nnnn32)cc(Br)c1O. The number of phenolic OH excluding ortho intramolecular Hbond substituents is 1. The van der Waals surface area contributed by atoms with Crippen molar-refractivity contribution in [3.8, 4) is 11.5 Å². The number of ether oxygens (including phenoxy) is 1. The highest BCUT2D eigenvalue weighted by Crippen LogP contribution is 2.42. The first kappa shape index (κ1) is 21.8. The summed E-state index contributed by atoms with van der Waals surface area (Å²) in [6.45, 7) is 7.98. The Labute approximate surface area is 193 Å². The van der Waals surface area contributed by atoms with Gasteiger partial charge in [-0.25, -0.2) is 0 Å². The molecule has 1 aliphatic rings. The Morgan fingerprint density at radius 1 is 1.31 bits per heavy atom. The number of nitrogens with one attached hydrogen (secondary N) is 2. The zero-order chi connectivity index (χ0) is 23.0. The van der Waals surface area contributed by atoms with Crippen LogP contribution in [0.3, 0.4) is 0 Å². The molecule has 0 fully saturated rings. The monoisotopic (exact) mass is 498 g/mol. The van der Waals surface area contributed by atoms with Crippen molar-refractivity contribution in [2.24, 2.45) is 0 Å². The van der Waals surface area contributed by atoms with Crippen LogP contribution < -0.4 is 15.4 Å². The van der Waals surface area contributed by atoms with E-state index in [2.05, 4.69) is 42.1 Å². The van der Waals surface area contributed by atoms with E-state index in [9.17, 15) is 9.90 Å². The molecule has 0 radical (unpaired) electrons. The van der Waals surface area contributed by atoms with Crippen molar-refractivity contribution in [2.75, 3.05) is 17.2 Å². The molecule has 3 aromatic rings. The number of aromatic hydroxyl groups is 1.